The highest BCUT2D eigenvalue weighted by molar-refractivity contribution is 5.94. The monoisotopic (exact) mass is 295 g/mol. The van der Waals surface area contributed by atoms with E-state index in [1.807, 2.05) is 42.4 Å². The molecule has 0 bridgehead atoms. The lowest BCUT2D eigenvalue weighted by molar-refractivity contribution is 0.0792. The number of carbonyl (C=O) groups is 1. The Balaban J connectivity index is 1.74. The van der Waals surface area contributed by atoms with E-state index < -0.39 is 0 Å². The van der Waals surface area contributed by atoms with Crippen LogP contribution in [0.25, 0.3) is 0 Å². The van der Waals surface area contributed by atoms with E-state index in [1.54, 1.807) is 6.20 Å². The molecule has 114 valence electrons. The van der Waals surface area contributed by atoms with Gasteiger partial charge in [0.05, 0.1) is 17.4 Å². The van der Waals surface area contributed by atoms with E-state index in [2.05, 4.69) is 22.0 Å². The van der Waals surface area contributed by atoms with Crippen molar-refractivity contribution in [1.82, 2.24) is 9.88 Å². The van der Waals surface area contributed by atoms with Gasteiger partial charge in [0.1, 0.15) is 0 Å². The summed E-state index contributed by atoms with van der Waals surface area (Å²) in [5, 5.41) is 0. The minimum atomic E-state index is 0.0972. The molecule has 0 N–H and O–H groups in total. The highest BCUT2D eigenvalue weighted by Crippen LogP contribution is 2.18. The summed E-state index contributed by atoms with van der Waals surface area (Å²) < 4.78 is 0. The fourth-order valence-electron chi connectivity index (χ4n) is 2.80. The molecule has 0 unspecified atom stereocenters. The summed E-state index contributed by atoms with van der Waals surface area (Å²) in [6.45, 7) is 2.52. The van der Waals surface area contributed by atoms with Gasteiger partial charge in [-0.1, -0.05) is 30.3 Å². The minimum Gasteiger partial charge on any atom is -0.369 e. The van der Waals surface area contributed by atoms with Crippen LogP contribution in [0.5, 0.6) is 0 Å². The number of rotatable bonds is 4. The van der Waals surface area contributed by atoms with Crippen molar-refractivity contribution in [2.75, 3.05) is 25.0 Å². The quantitative estimate of drug-likeness (QED) is 0.870. The average molecular weight is 295 g/mol. The van der Waals surface area contributed by atoms with Crippen LogP contribution in [0.3, 0.4) is 0 Å². The van der Waals surface area contributed by atoms with Gasteiger partial charge in [-0.25, -0.2) is 0 Å². The maximum Gasteiger partial charge on any atom is 0.255 e. The zero-order valence-corrected chi connectivity index (χ0v) is 12.9. The second-order valence-corrected chi connectivity index (χ2v) is 5.77. The van der Waals surface area contributed by atoms with Crippen molar-refractivity contribution < 1.29 is 4.79 Å². The van der Waals surface area contributed by atoms with Crippen molar-refractivity contribution in [1.29, 1.82) is 0 Å². The Hall–Kier alpha value is -2.36. The zero-order valence-electron chi connectivity index (χ0n) is 12.9. The van der Waals surface area contributed by atoms with Gasteiger partial charge < -0.3 is 9.80 Å². The number of amides is 1. The predicted octanol–water partition coefficient (Wildman–Crippen LogP) is 2.95. The Morgan fingerprint density at radius 3 is 2.64 bits per heavy atom. The molecular weight excluding hydrogens is 274 g/mol. The number of nitrogens with zero attached hydrogens (tertiary/aromatic N) is 3. The van der Waals surface area contributed by atoms with E-state index in [1.165, 1.54) is 5.56 Å². The lowest BCUT2D eigenvalue weighted by Gasteiger charge is -2.21. The molecule has 0 saturated carbocycles. The standard InChI is InChI=1S/C18H21N3O/c1-20(14-15-7-3-2-4-8-15)17-11-16(12-19-13-17)18(22)21-9-5-6-10-21/h2-4,7-8,11-13H,5-6,9-10,14H2,1H3. The van der Waals surface area contributed by atoms with E-state index in [0.29, 0.717) is 5.56 Å². The molecule has 3 rings (SSSR count). The molecule has 0 aliphatic carbocycles. The molecule has 1 amide bonds. The maximum atomic E-state index is 12.4. The van der Waals surface area contributed by atoms with Gasteiger partial charge in [0.2, 0.25) is 0 Å². The van der Waals surface area contributed by atoms with Crippen molar-refractivity contribution in [3.63, 3.8) is 0 Å². The second kappa shape index (κ2) is 6.60. The first-order valence-electron chi connectivity index (χ1n) is 7.73. The van der Waals surface area contributed by atoms with Crippen molar-refractivity contribution in [2.24, 2.45) is 0 Å². The third kappa shape index (κ3) is 3.27. The van der Waals surface area contributed by atoms with Crippen molar-refractivity contribution in [3.8, 4) is 0 Å². The fourth-order valence-corrected chi connectivity index (χ4v) is 2.80. The van der Waals surface area contributed by atoms with Gasteiger partial charge in [-0.3, -0.25) is 9.78 Å². The van der Waals surface area contributed by atoms with Crippen LogP contribution in [0.4, 0.5) is 5.69 Å². The Kier molecular flexibility index (Phi) is 4.37. The lowest BCUT2D eigenvalue weighted by Crippen LogP contribution is -2.28. The number of benzene rings is 1. The molecule has 1 aliphatic rings. The number of pyridine rings is 1. The first-order chi connectivity index (χ1) is 10.7. The number of aromatic nitrogens is 1. The predicted molar refractivity (Wildman–Crippen MR) is 87.9 cm³/mol. The summed E-state index contributed by atoms with van der Waals surface area (Å²) in [5.41, 5.74) is 2.88. The largest absolute Gasteiger partial charge is 0.369 e. The highest BCUT2D eigenvalue weighted by atomic mass is 16.2. The Morgan fingerprint density at radius 1 is 1.18 bits per heavy atom. The number of anilines is 1. The summed E-state index contributed by atoms with van der Waals surface area (Å²) in [4.78, 5) is 20.7. The van der Waals surface area contributed by atoms with Crippen LogP contribution in [0, 0.1) is 0 Å². The molecule has 22 heavy (non-hydrogen) atoms. The molecule has 4 heteroatoms. The molecule has 2 heterocycles. The van der Waals surface area contributed by atoms with E-state index >= 15 is 0 Å². The molecule has 1 aromatic carbocycles. The average Bonchev–Trinajstić information content (AvgIpc) is 3.09. The van der Waals surface area contributed by atoms with E-state index in [9.17, 15) is 4.79 Å². The number of hydrogen-bond donors (Lipinski definition) is 0. The first-order valence-corrected chi connectivity index (χ1v) is 7.73. The third-order valence-corrected chi connectivity index (χ3v) is 4.07. The molecule has 0 atom stereocenters. The van der Waals surface area contributed by atoms with Crippen LogP contribution >= 0.6 is 0 Å². The maximum absolute atomic E-state index is 12.4. The summed E-state index contributed by atoms with van der Waals surface area (Å²) in [5.74, 6) is 0.0972. The van der Waals surface area contributed by atoms with Gasteiger partial charge in [-0.2, -0.15) is 0 Å². The van der Waals surface area contributed by atoms with Crippen LogP contribution in [0.2, 0.25) is 0 Å². The van der Waals surface area contributed by atoms with Crippen LogP contribution in [-0.2, 0) is 6.54 Å². The summed E-state index contributed by atoms with van der Waals surface area (Å²) in [7, 11) is 2.02. The van der Waals surface area contributed by atoms with Gasteiger partial charge >= 0.3 is 0 Å². The molecule has 0 spiro atoms. The third-order valence-electron chi connectivity index (χ3n) is 4.07. The van der Waals surface area contributed by atoms with Crippen molar-refractivity contribution >= 4 is 11.6 Å². The zero-order chi connectivity index (χ0) is 15.4. The summed E-state index contributed by atoms with van der Waals surface area (Å²) in [6.07, 6.45) is 5.68. The fraction of sp³-hybridized carbons (Fsp3) is 0.333. The topological polar surface area (TPSA) is 36.4 Å². The van der Waals surface area contributed by atoms with Gasteiger partial charge in [-0.05, 0) is 24.5 Å². The molecule has 1 aliphatic heterocycles. The molecule has 1 fully saturated rings. The minimum absolute atomic E-state index is 0.0972. The Bertz CT molecular complexity index is 636. The molecule has 0 radical (unpaired) electrons. The van der Waals surface area contributed by atoms with Crippen LogP contribution in [0.15, 0.2) is 48.8 Å². The number of likely N-dealkylation sites (tertiary alicyclic amines) is 1. The SMILES string of the molecule is CN(Cc1ccccc1)c1cncc(C(=O)N2CCCC2)c1. The van der Waals surface area contributed by atoms with E-state index in [4.69, 9.17) is 0 Å². The molecule has 4 nitrogen and oxygen atoms in total. The first kappa shape index (κ1) is 14.6. The molecule has 1 aromatic heterocycles. The van der Waals surface area contributed by atoms with Gasteiger partial charge in [-0.15, -0.1) is 0 Å². The van der Waals surface area contributed by atoms with E-state index in [-0.39, 0.29) is 5.91 Å². The van der Waals surface area contributed by atoms with Crippen LogP contribution in [-0.4, -0.2) is 35.9 Å². The molecule has 2 aromatic rings. The van der Waals surface area contributed by atoms with Crippen molar-refractivity contribution in [2.45, 2.75) is 19.4 Å². The lowest BCUT2D eigenvalue weighted by atomic mass is 10.2. The van der Waals surface area contributed by atoms with Gasteiger partial charge in [0, 0.05) is 32.9 Å². The Morgan fingerprint density at radius 2 is 1.91 bits per heavy atom. The summed E-state index contributed by atoms with van der Waals surface area (Å²) in [6, 6.07) is 12.2. The molecule has 1 saturated heterocycles. The number of carbonyl (C=O) groups excluding carboxylic acids is 1. The van der Waals surface area contributed by atoms with Crippen molar-refractivity contribution in [3.05, 3.63) is 59.9 Å². The second-order valence-electron chi connectivity index (χ2n) is 5.77. The van der Waals surface area contributed by atoms with Crippen LogP contribution in [0.1, 0.15) is 28.8 Å². The normalized spacial score (nSPS) is 14.1. The Labute approximate surface area is 131 Å². The number of hydrogen-bond acceptors (Lipinski definition) is 3. The van der Waals surface area contributed by atoms with Gasteiger partial charge in [0.25, 0.3) is 5.91 Å². The highest BCUT2D eigenvalue weighted by Gasteiger charge is 2.20. The molecular formula is C18H21N3O. The van der Waals surface area contributed by atoms with Gasteiger partial charge in [0.15, 0.2) is 0 Å². The smallest absolute Gasteiger partial charge is 0.255 e. The van der Waals surface area contributed by atoms with Crippen LogP contribution < -0.4 is 4.90 Å². The summed E-state index contributed by atoms with van der Waals surface area (Å²) >= 11 is 0. The van der Waals surface area contributed by atoms with E-state index in [0.717, 1.165) is 38.2 Å².